The van der Waals surface area contributed by atoms with E-state index in [-0.39, 0.29) is 12.6 Å². The molecule has 0 bridgehead atoms. The molecule has 0 aliphatic carbocycles. The smallest absolute Gasteiger partial charge is 0.231 e. The Kier molecular flexibility index (Phi) is 7.54. The third-order valence-corrected chi connectivity index (χ3v) is 6.43. The molecule has 146 valence electrons. The van der Waals surface area contributed by atoms with Crippen LogP contribution in [0.3, 0.4) is 0 Å². The number of benzene rings is 2. The number of ether oxygens (including phenoxy) is 2. The minimum atomic E-state index is -0.0307. The SMILES string of the molecule is CCSC(SCC)=C(C(=O)/C=C/c1ccc2c(c1)OCO2)c1ccc(Cl)cc1. The van der Waals surface area contributed by atoms with Crippen molar-refractivity contribution in [2.75, 3.05) is 18.3 Å². The van der Waals surface area contributed by atoms with Crippen LogP contribution in [0.15, 0.2) is 52.8 Å². The highest BCUT2D eigenvalue weighted by molar-refractivity contribution is 8.22. The molecule has 0 saturated heterocycles. The summed E-state index contributed by atoms with van der Waals surface area (Å²) in [6, 6.07) is 13.1. The van der Waals surface area contributed by atoms with E-state index in [1.54, 1.807) is 29.6 Å². The van der Waals surface area contributed by atoms with Crippen LogP contribution in [-0.2, 0) is 4.79 Å². The van der Waals surface area contributed by atoms with Gasteiger partial charge in [-0.05, 0) is 53.0 Å². The molecule has 6 heteroatoms. The van der Waals surface area contributed by atoms with Gasteiger partial charge in [0.25, 0.3) is 0 Å². The number of carbonyl (C=O) groups excluding carboxylic acids is 1. The van der Waals surface area contributed by atoms with E-state index in [0.29, 0.717) is 16.3 Å². The number of allylic oxidation sites excluding steroid dienone is 2. The number of thioether (sulfide) groups is 2. The number of rotatable bonds is 8. The van der Waals surface area contributed by atoms with Gasteiger partial charge in [0.1, 0.15) is 0 Å². The van der Waals surface area contributed by atoms with Crippen LogP contribution >= 0.6 is 35.1 Å². The molecule has 2 aromatic carbocycles. The van der Waals surface area contributed by atoms with Gasteiger partial charge in [-0.3, -0.25) is 4.79 Å². The summed E-state index contributed by atoms with van der Waals surface area (Å²) in [5, 5.41) is 0.652. The molecule has 0 atom stereocenters. The van der Waals surface area contributed by atoms with Crippen molar-refractivity contribution >= 4 is 52.6 Å². The van der Waals surface area contributed by atoms with Crippen LogP contribution in [0.2, 0.25) is 5.02 Å². The van der Waals surface area contributed by atoms with Gasteiger partial charge >= 0.3 is 0 Å². The molecule has 0 fully saturated rings. The molecule has 0 radical (unpaired) electrons. The molecular weight excluding hydrogens is 412 g/mol. The largest absolute Gasteiger partial charge is 0.454 e. The summed E-state index contributed by atoms with van der Waals surface area (Å²) in [4.78, 5) is 13.2. The van der Waals surface area contributed by atoms with Crippen molar-refractivity contribution in [3.63, 3.8) is 0 Å². The highest BCUT2D eigenvalue weighted by Gasteiger charge is 2.17. The monoisotopic (exact) mass is 432 g/mol. The van der Waals surface area contributed by atoms with E-state index in [4.69, 9.17) is 21.1 Å². The minimum Gasteiger partial charge on any atom is -0.454 e. The summed E-state index contributed by atoms with van der Waals surface area (Å²) in [7, 11) is 0. The molecule has 0 aromatic heterocycles. The maximum Gasteiger partial charge on any atom is 0.231 e. The van der Waals surface area contributed by atoms with E-state index in [1.807, 2.05) is 48.5 Å². The molecule has 1 aliphatic rings. The van der Waals surface area contributed by atoms with Gasteiger partial charge < -0.3 is 9.47 Å². The molecule has 1 heterocycles. The lowest BCUT2D eigenvalue weighted by Crippen LogP contribution is -2.01. The molecule has 1 aliphatic heterocycles. The Morgan fingerprint density at radius 3 is 2.39 bits per heavy atom. The van der Waals surface area contributed by atoms with Crippen molar-refractivity contribution in [1.82, 2.24) is 0 Å². The molecule has 28 heavy (non-hydrogen) atoms. The Balaban J connectivity index is 1.93. The first kappa shape index (κ1) is 20.9. The lowest BCUT2D eigenvalue weighted by atomic mass is 10.0. The predicted octanol–water partition coefficient (Wildman–Crippen LogP) is 6.53. The molecule has 3 rings (SSSR count). The summed E-state index contributed by atoms with van der Waals surface area (Å²) in [5.74, 6) is 3.20. The Labute approximate surface area is 179 Å². The van der Waals surface area contributed by atoms with Crippen molar-refractivity contribution in [3.05, 3.63) is 68.9 Å². The third kappa shape index (κ3) is 5.16. The molecule has 3 nitrogen and oxygen atoms in total. The average molecular weight is 433 g/mol. The molecule has 0 saturated carbocycles. The zero-order chi connectivity index (χ0) is 19.9. The summed E-state index contributed by atoms with van der Waals surface area (Å²) < 4.78 is 11.8. The van der Waals surface area contributed by atoms with Crippen molar-refractivity contribution < 1.29 is 14.3 Å². The standard InChI is InChI=1S/C22H21ClO3S2/c1-3-27-22(28-4-2)21(16-7-9-17(23)10-8-16)18(24)11-5-15-6-12-19-20(13-15)26-14-25-19/h5-13H,3-4,14H2,1-2H3/b11-5+. The molecule has 2 aromatic rings. The minimum absolute atomic E-state index is 0.0307. The molecule has 0 N–H and O–H groups in total. The molecule has 0 unspecified atom stereocenters. The fraction of sp³-hybridized carbons (Fsp3) is 0.227. The number of halogens is 1. The van der Waals surface area contributed by atoms with Gasteiger partial charge in [0, 0.05) is 10.6 Å². The number of carbonyl (C=O) groups is 1. The lowest BCUT2D eigenvalue weighted by Gasteiger charge is -2.12. The summed E-state index contributed by atoms with van der Waals surface area (Å²) in [5.41, 5.74) is 2.48. The van der Waals surface area contributed by atoms with E-state index >= 15 is 0 Å². The maximum atomic E-state index is 13.2. The van der Waals surface area contributed by atoms with Gasteiger partial charge in [0.2, 0.25) is 6.79 Å². The van der Waals surface area contributed by atoms with Crippen molar-refractivity contribution in [2.45, 2.75) is 13.8 Å². The van der Waals surface area contributed by atoms with Crippen LogP contribution in [-0.4, -0.2) is 24.1 Å². The van der Waals surface area contributed by atoms with Gasteiger partial charge in [0.15, 0.2) is 17.3 Å². The Hall–Kier alpha value is -1.82. The summed E-state index contributed by atoms with van der Waals surface area (Å²) >= 11 is 9.42. The molecular formula is C22H21ClO3S2. The number of hydrogen-bond acceptors (Lipinski definition) is 5. The topological polar surface area (TPSA) is 35.5 Å². The zero-order valence-corrected chi connectivity index (χ0v) is 18.1. The van der Waals surface area contributed by atoms with Crippen LogP contribution in [0, 0.1) is 0 Å². The second-order valence-electron chi connectivity index (χ2n) is 5.85. The quantitative estimate of drug-likeness (QED) is 0.443. The predicted molar refractivity (Wildman–Crippen MR) is 121 cm³/mol. The number of fused-ring (bicyclic) bond motifs is 1. The highest BCUT2D eigenvalue weighted by atomic mass is 35.5. The van der Waals surface area contributed by atoms with E-state index in [0.717, 1.165) is 32.6 Å². The van der Waals surface area contributed by atoms with Crippen LogP contribution in [0.4, 0.5) is 0 Å². The second-order valence-corrected chi connectivity index (χ2v) is 9.09. The van der Waals surface area contributed by atoms with Crippen molar-refractivity contribution in [2.24, 2.45) is 0 Å². The van der Waals surface area contributed by atoms with E-state index in [9.17, 15) is 4.79 Å². The normalized spacial score (nSPS) is 12.4. The van der Waals surface area contributed by atoms with Gasteiger partial charge in [-0.2, -0.15) is 0 Å². The van der Waals surface area contributed by atoms with Crippen LogP contribution < -0.4 is 9.47 Å². The zero-order valence-electron chi connectivity index (χ0n) is 15.7. The van der Waals surface area contributed by atoms with E-state index < -0.39 is 0 Å². The summed E-state index contributed by atoms with van der Waals surface area (Å²) in [6.45, 7) is 4.41. The van der Waals surface area contributed by atoms with E-state index in [1.165, 1.54) is 0 Å². The lowest BCUT2D eigenvalue weighted by molar-refractivity contribution is -0.109. The van der Waals surface area contributed by atoms with Gasteiger partial charge in [-0.1, -0.05) is 49.7 Å². The first-order valence-electron chi connectivity index (χ1n) is 9.00. The fourth-order valence-corrected chi connectivity index (χ4v) is 5.11. The van der Waals surface area contributed by atoms with Crippen molar-refractivity contribution in [1.29, 1.82) is 0 Å². The van der Waals surface area contributed by atoms with Crippen LogP contribution in [0.5, 0.6) is 11.5 Å². The average Bonchev–Trinajstić information content (AvgIpc) is 3.16. The second kappa shape index (κ2) is 10.1. The fourth-order valence-electron chi connectivity index (χ4n) is 2.70. The summed E-state index contributed by atoms with van der Waals surface area (Å²) in [6.07, 6.45) is 3.43. The van der Waals surface area contributed by atoms with Gasteiger partial charge in [0.05, 0.1) is 4.24 Å². The first-order valence-corrected chi connectivity index (χ1v) is 11.3. The van der Waals surface area contributed by atoms with Crippen molar-refractivity contribution in [3.8, 4) is 11.5 Å². The highest BCUT2D eigenvalue weighted by Crippen LogP contribution is 2.37. The van der Waals surface area contributed by atoms with Gasteiger partial charge in [-0.15, -0.1) is 23.5 Å². The Bertz CT molecular complexity index is 896. The van der Waals surface area contributed by atoms with E-state index in [2.05, 4.69) is 13.8 Å². The first-order chi connectivity index (χ1) is 13.6. The molecule has 0 spiro atoms. The van der Waals surface area contributed by atoms with Crippen LogP contribution in [0.1, 0.15) is 25.0 Å². The Morgan fingerprint density at radius 2 is 1.71 bits per heavy atom. The maximum absolute atomic E-state index is 13.2. The number of ketones is 1. The Morgan fingerprint density at radius 1 is 1.04 bits per heavy atom. The third-order valence-electron chi connectivity index (χ3n) is 3.96. The number of hydrogen-bond donors (Lipinski definition) is 0. The van der Waals surface area contributed by atoms with Gasteiger partial charge in [-0.25, -0.2) is 0 Å². The molecule has 0 amide bonds. The van der Waals surface area contributed by atoms with Crippen LogP contribution in [0.25, 0.3) is 11.6 Å².